The van der Waals surface area contributed by atoms with E-state index in [1.165, 1.54) is 0 Å². The van der Waals surface area contributed by atoms with Crippen molar-refractivity contribution in [3.63, 3.8) is 0 Å². The number of ether oxygens (including phenoxy) is 2. The van der Waals surface area contributed by atoms with Gasteiger partial charge in [-0.1, -0.05) is 83.1 Å². The Kier molecular flexibility index (Phi) is 10.3. The van der Waals surface area contributed by atoms with E-state index in [-0.39, 0.29) is 18.1 Å². The number of thiazole rings is 1. The van der Waals surface area contributed by atoms with Crippen LogP contribution in [0.3, 0.4) is 0 Å². The van der Waals surface area contributed by atoms with E-state index in [0.717, 1.165) is 87.3 Å². The number of anilines is 1. The Hall–Kier alpha value is -4.83. The summed E-state index contributed by atoms with van der Waals surface area (Å²) in [7, 11) is 0. The normalized spacial score (nSPS) is 14.2. The largest absolute Gasteiger partial charge is 0.492 e. The summed E-state index contributed by atoms with van der Waals surface area (Å²) in [6, 6.07) is 30.0. The minimum absolute atomic E-state index is 0.0559. The third-order valence-electron chi connectivity index (χ3n) is 9.15. The molecule has 1 N–H and O–H groups in total. The van der Waals surface area contributed by atoms with Crippen LogP contribution in [0.1, 0.15) is 28.7 Å². The number of carbonyl (C=O) groups excluding carboxylic acids is 2. The van der Waals surface area contributed by atoms with Crippen LogP contribution in [0.4, 0.5) is 5.69 Å². The number of aromatic nitrogens is 2. The van der Waals surface area contributed by atoms with Crippen LogP contribution in [-0.2, 0) is 27.2 Å². The lowest BCUT2D eigenvalue weighted by Crippen LogP contribution is -2.38. The number of fused-ring (bicyclic) bond motifs is 3. The third kappa shape index (κ3) is 8.30. The fraction of sp³-hybridized carbons (Fsp3) is 0.293. The molecule has 8 nitrogen and oxygen atoms in total. The lowest BCUT2D eigenvalue weighted by Gasteiger charge is -2.26. The number of nitrogens with one attached hydrogen (secondary N) is 1. The van der Waals surface area contributed by atoms with Gasteiger partial charge in [0.05, 0.1) is 29.1 Å². The van der Waals surface area contributed by atoms with Crippen molar-refractivity contribution in [2.75, 3.05) is 44.8 Å². The van der Waals surface area contributed by atoms with E-state index in [9.17, 15) is 9.59 Å². The summed E-state index contributed by atoms with van der Waals surface area (Å²) >= 11 is 1.64. The molecule has 256 valence electrons. The lowest BCUT2D eigenvalue weighted by molar-refractivity contribution is -0.125. The molecule has 1 fully saturated rings. The molecule has 0 aliphatic carbocycles. The van der Waals surface area contributed by atoms with Crippen molar-refractivity contribution < 1.29 is 19.1 Å². The zero-order chi connectivity index (χ0) is 34.5. The Bertz CT molecular complexity index is 2080. The van der Waals surface area contributed by atoms with Crippen LogP contribution in [0, 0.1) is 19.8 Å². The molecule has 4 aromatic carbocycles. The molecule has 9 heteroatoms. The SMILES string of the molecule is Cc1cc(C)cc(CC(=O)C[C@@H](Cc2ccccc2)C(=O)Nc2ccc(-c3cn4c(n3)sc3ccc(OCCN5CCOCC5)cc34)cc2)c1. The van der Waals surface area contributed by atoms with E-state index in [2.05, 4.69) is 39.0 Å². The maximum atomic E-state index is 13.7. The van der Waals surface area contributed by atoms with Crippen molar-refractivity contribution in [1.82, 2.24) is 14.3 Å². The highest BCUT2D eigenvalue weighted by Crippen LogP contribution is 2.32. The third-order valence-corrected chi connectivity index (χ3v) is 10.2. The van der Waals surface area contributed by atoms with Gasteiger partial charge in [0.1, 0.15) is 18.1 Å². The zero-order valence-corrected chi connectivity index (χ0v) is 29.4. The molecule has 0 spiro atoms. The molecule has 6 aromatic rings. The number of hydrogen-bond donors (Lipinski definition) is 1. The number of aryl methyl sites for hydroxylation is 2. The molecule has 2 aromatic heterocycles. The van der Waals surface area contributed by atoms with Crippen molar-refractivity contribution in [1.29, 1.82) is 0 Å². The van der Waals surface area contributed by atoms with Crippen LogP contribution in [0.5, 0.6) is 5.75 Å². The molecule has 0 bridgehead atoms. The molecule has 1 atom stereocenters. The number of rotatable bonds is 13. The predicted octanol–water partition coefficient (Wildman–Crippen LogP) is 7.54. The smallest absolute Gasteiger partial charge is 0.228 e. The second-order valence-electron chi connectivity index (χ2n) is 13.2. The topological polar surface area (TPSA) is 85.2 Å². The van der Waals surface area contributed by atoms with Crippen LogP contribution in [0.15, 0.2) is 97.2 Å². The Morgan fingerprint density at radius 2 is 1.68 bits per heavy atom. The Morgan fingerprint density at radius 3 is 2.44 bits per heavy atom. The quantitative estimate of drug-likeness (QED) is 0.135. The van der Waals surface area contributed by atoms with Crippen LogP contribution >= 0.6 is 11.3 Å². The maximum Gasteiger partial charge on any atom is 0.228 e. The number of Topliss-reactive ketones (excluding diaryl/α,β-unsaturated/α-hetero) is 1. The maximum absolute atomic E-state index is 13.7. The van der Waals surface area contributed by atoms with Gasteiger partial charge in [-0.3, -0.25) is 18.9 Å². The average Bonchev–Trinajstić information content (AvgIpc) is 3.67. The summed E-state index contributed by atoms with van der Waals surface area (Å²) < 4.78 is 14.8. The second-order valence-corrected chi connectivity index (χ2v) is 14.2. The van der Waals surface area contributed by atoms with Gasteiger partial charge in [0.15, 0.2) is 4.96 Å². The summed E-state index contributed by atoms with van der Waals surface area (Å²) in [5, 5.41) is 3.08. The summed E-state index contributed by atoms with van der Waals surface area (Å²) in [6.07, 6.45) is 3.03. The van der Waals surface area contributed by atoms with E-state index in [1.807, 2.05) is 86.6 Å². The van der Waals surface area contributed by atoms with E-state index in [0.29, 0.717) is 25.1 Å². The van der Waals surface area contributed by atoms with Crippen molar-refractivity contribution in [2.45, 2.75) is 33.1 Å². The van der Waals surface area contributed by atoms with Gasteiger partial charge in [-0.15, -0.1) is 0 Å². The number of carbonyl (C=O) groups is 2. The fourth-order valence-electron chi connectivity index (χ4n) is 6.69. The van der Waals surface area contributed by atoms with Gasteiger partial charge >= 0.3 is 0 Å². The molecule has 0 radical (unpaired) electrons. The van der Waals surface area contributed by atoms with E-state index in [4.69, 9.17) is 14.5 Å². The van der Waals surface area contributed by atoms with E-state index < -0.39 is 5.92 Å². The molecular formula is C41H42N4O4S. The number of benzene rings is 4. The second kappa shape index (κ2) is 15.4. The highest BCUT2D eigenvalue weighted by molar-refractivity contribution is 7.23. The lowest BCUT2D eigenvalue weighted by atomic mass is 9.91. The summed E-state index contributed by atoms with van der Waals surface area (Å²) in [5.74, 6) is 0.253. The monoisotopic (exact) mass is 686 g/mol. The van der Waals surface area contributed by atoms with Crippen LogP contribution < -0.4 is 10.1 Å². The number of amides is 1. The first-order valence-electron chi connectivity index (χ1n) is 17.2. The fourth-order valence-corrected chi connectivity index (χ4v) is 7.68. The Labute approximate surface area is 296 Å². The number of imidazole rings is 1. The average molecular weight is 687 g/mol. The first-order valence-corrected chi connectivity index (χ1v) is 18.1. The predicted molar refractivity (Wildman–Crippen MR) is 200 cm³/mol. The van der Waals surface area contributed by atoms with Crippen LogP contribution in [-0.4, -0.2) is 65.4 Å². The molecule has 1 aliphatic rings. The molecular weight excluding hydrogens is 645 g/mol. The van der Waals surface area contributed by atoms with Gasteiger partial charge < -0.3 is 14.8 Å². The van der Waals surface area contributed by atoms with Crippen LogP contribution in [0.2, 0.25) is 0 Å². The van der Waals surface area contributed by atoms with Crippen molar-refractivity contribution in [3.05, 3.63) is 119 Å². The summed E-state index contributed by atoms with van der Waals surface area (Å²) in [5.41, 5.74) is 7.84. The number of hydrogen-bond acceptors (Lipinski definition) is 7. The summed E-state index contributed by atoms with van der Waals surface area (Å²) in [4.78, 5) is 35.1. The summed E-state index contributed by atoms with van der Waals surface area (Å²) in [6.45, 7) is 9.05. The minimum atomic E-state index is -0.489. The number of morpholine rings is 1. The van der Waals surface area contributed by atoms with Crippen molar-refractivity contribution in [2.24, 2.45) is 5.92 Å². The molecule has 1 amide bonds. The molecule has 3 heterocycles. The number of ketones is 1. The van der Waals surface area contributed by atoms with Gasteiger partial charge in [0.2, 0.25) is 5.91 Å². The highest BCUT2D eigenvalue weighted by atomic mass is 32.1. The molecule has 7 rings (SSSR count). The van der Waals surface area contributed by atoms with Crippen molar-refractivity contribution in [3.8, 4) is 17.0 Å². The first-order chi connectivity index (χ1) is 24.4. The van der Waals surface area contributed by atoms with Gasteiger partial charge in [-0.05, 0) is 55.7 Å². The first kappa shape index (κ1) is 33.7. The molecule has 1 aliphatic heterocycles. The van der Waals surface area contributed by atoms with Gasteiger partial charge in [-0.25, -0.2) is 4.98 Å². The van der Waals surface area contributed by atoms with E-state index in [1.54, 1.807) is 11.3 Å². The van der Waals surface area contributed by atoms with Crippen molar-refractivity contribution >= 4 is 43.9 Å². The molecule has 0 unspecified atom stereocenters. The van der Waals surface area contributed by atoms with Gasteiger partial charge in [0, 0.05) is 61.9 Å². The zero-order valence-electron chi connectivity index (χ0n) is 28.6. The molecule has 1 saturated heterocycles. The van der Waals surface area contributed by atoms with E-state index >= 15 is 0 Å². The van der Waals surface area contributed by atoms with Crippen LogP contribution in [0.25, 0.3) is 26.4 Å². The minimum Gasteiger partial charge on any atom is -0.492 e. The Morgan fingerprint density at radius 1 is 0.920 bits per heavy atom. The highest BCUT2D eigenvalue weighted by Gasteiger charge is 2.23. The molecule has 50 heavy (non-hydrogen) atoms. The standard InChI is InChI=1S/C41H42N4O4S/c1-28-20-29(2)22-31(21-28)24-35(46)25-33(23-30-6-4-3-5-7-30)40(47)42-34-10-8-32(9-11-34)37-27-45-38-26-36(12-13-39(38)50-41(45)43-37)49-19-16-44-14-17-48-18-15-44/h3-13,20-22,26-27,33H,14-19,23-25H2,1-2H3,(H,42,47)/t33-/m1/s1. The van der Waals surface area contributed by atoms with Gasteiger partial charge in [0.25, 0.3) is 0 Å². The number of nitrogens with zero attached hydrogens (tertiary/aromatic N) is 3. The Balaban J connectivity index is 1.02. The molecule has 0 saturated carbocycles. The van der Waals surface area contributed by atoms with Gasteiger partial charge in [-0.2, -0.15) is 0 Å².